The zero-order chi connectivity index (χ0) is 15.9. The van der Waals surface area contributed by atoms with Crippen LogP contribution in [0.1, 0.15) is 32.3 Å². The van der Waals surface area contributed by atoms with Crippen LogP contribution in [-0.2, 0) is 6.54 Å². The summed E-state index contributed by atoms with van der Waals surface area (Å²) in [6, 6.07) is 3.70. The molecule has 0 aliphatic rings. The van der Waals surface area contributed by atoms with Crippen molar-refractivity contribution >= 4 is 0 Å². The number of hydrogen-bond acceptors (Lipinski definition) is 5. The maximum absolute atomic E-state index is 10.3. The van der Waals surface area contributed by atoms with Gasteiger partial charge in [0, 0.05) is 24.7 Å². The topological polar surface area (TPSA) is 60.0 Å². The molecule has 0 radical (unpaired) electrons. The molecular weight excluding hydrogens is 270 g/mol. The van der Waals surface area contributed by atoms with Gasteiger partial charge in [0.1, 0.15) is 5.75 Å². The van der Waals surface area contributed by atoms with E-state index in [-0.39, 0.29) is 0 Å². The van der Waals surface area contributed by atoms with Gasteiger partial charge in [-0.15, -0.1) is 0 Å². The van der Waals surface area contributed by atoms with Gasteiger partial charge in [-0.2, -0.15) is 0 Å². The second-order valence-corrected chi connectivity index (χ2v) is 5.05. The molecule has 1 aromatic rings. The smallest absolute Gasteiger partial charge is 0.164 e. The third-order valence-electron chi connectivity index (χ3n) is 3.87. The Bertz CT molecular complexity index is 444. The van der Waals surface area contributed by atoms with Gasteiger partial charge in [0.05, 0.1) is 26.9 Å². The van der Waals surface area contributed by atoms with Crippen LogP contribution in [0.25, 0.3) is 0 Å². The van der Waals surface area contributed by atoms with E-state index in [1.807, 2.05) is 26.0 Å². The number of aliphatic hydroxyl groups is 1. The van der Waals surface area contributed by atoms with Gasteiger partial charge in [0.15, 0.2) is 11.5 Å². The van der Waals surface area contributed by atoms with Gasteiger partial charge in [0.25, 0.3) is 0 Å². The molecule has 0 amide bonds. The van der Waals surface area contributed by atoms with Crippen LogP contribution < -0.4 is 19.5 Å². The molecule has 0 saturated heterocycles. The second kappa shape index (κ2) is 8.10. The highest BCUT2D eigenvalue weighted by atomic mass is 16.5. The molecule has 0 heterocycles. The highest BCUT2D eigenvalue weighted by Gasteiger charge is 2.21. The van der Waals surface area contributed by atoms with E-state index in [2.05, 4.69) is 5.32 Å². The third-order valence-corrected chi connectivity index (χ3v) is 3.87. The molecule has 0 saturated carbocycles. The minimum Gasteiger partial charge on any atom is -0.496 e. The normalized spacial score (nSPS) is 11.3. The number of benzene rings is 1. The Morgan fingerprint density at radius 2 is 1.48 bits per heavy atom. The van der Waals surface area contributed by atoms with Gasteiger partial charge >= 0.3 is 0 Å². The summed E-state index contributed by atoms with van der Waals surface area (Å²) in [5, 5.41) is 13.6. The van der Waals surface area contributed by atoms with E-state index in [4.69, 9.17) is 14.2 Å². The summed E-state index contributed by atoms with van der Waals surface area (Å²) in [5.74, 6) is 2.03. The average Bonchev–Trinajstić information content (AvgIpc) is 2.53. The van der Waals surface area contributed by atoms with Crippen molar-refractivity contribution in [1.29, 1.82) is 0 Å². The predicted octanol–water partition coefficient (Wildman–Crippen LogP) is 2.35. The lowest BCUT2D eigenvalue weighted by Gasteiger charge is -2.25. The largest absolute Gasteiger partial charge is 0.496 e. The van der Waals surface area contributed by atoms with Crippen molar-refractivity contribution in [2.45, 2.75) is 38.8 Å². The van der Waals surface area contributed by atoms with Crippen LogP contribution >= 0.6 is 0 Å². The third kappa shape index (κ3) is 4.51. The van der Waals surface area contributed by atoms with E-state index in [1.165, 1.54) is 0 Å². The van der Waals surface area contributed by atoms with Crippen molar-refractivity contribution in [2.24, 2.45) is 0 Å². The Balaban J connectivity index is 2.83. The Hall–Kier alpha value is -1.46. The summed E-state index contributed by atoms with van der Waals surface area (Å²) in [6.07, 6.45) is 1.44. The molecule has 0 spiro atoms. The highest BCUT2D eigenvalue weighted by Crippen LogP contribution is 2.34. The Morgan fingerprint density at radius 1 is 0.952 bits per heavy atom. The van der Waals surface area contributed by atoms with Crippen LogP contribution in [0.2, 0.25) is 0 Å². The Kier molecular flexibility index (Phi) is 6.78. The molecule has 0 fully saturated rings. The molecule has 1 aromatic carbocycles. The minimum atomic E-state index is -0.663. The lowest BCUT2D eigenvalue weighted by atomic mass is 9.97. The summed E-state index contributed by atoms with van der Waals surface area (Å²) in [5.41, 5.74) is 0.300. The lowest BCUT2D eigenvalue weighted by Crippen LogP contribution is -2.39. The molecule has 0 atom stereocenters. The van der Waals surface area contributed by atoms with Crippen molar-refractivity contribution in [1.82, 2.24) is 5.32 Å². The molecule has 0 unspecified atom stereocenters. The zero-order valence-corrected chi connectivity index (χ0v) is 13.7. The van der Waals surface area contributed by atoms with E-state index in [9.17, 15) is 5.11 Å². The molecule has 120 valence electrons. The SMILES string of the molecule is CCC(O)(CC)CNCc1cc(OC)c(OC)cc1OC. The quantitative estimate of drug-likeness (QED) is 0.733. The molecule has 21 heavy (non-hydrogen) atoms. The molecular formula is C16H27NO4. The van der Waals surface area contributed by atoms with E-state index in [0.717, 1.165) is 24.2 Å². The van der Waals surface area contributed by atoms with Gasteiger partial charge < -0.3 is 24.6 Å². The second-order valence-electron chi connectivity index (χ2n) is 5.05. The van der Waals surface area contributed by atoms with E-state index in [0.29, 0.717) is 24.6 Å². The maximum Gasteiger partial charge on any atom is 0.164 e. The number of rotatable bonds is 9. The Labute approximate surface area is 127 Å². The summed E-state index contributed by atoms with van der Waals surface area (Å²) in [4.78, 5) is 0. The first-order valence-electron chi connectivity index (χ1n) is 7.25. The van der Waals surface area contributed by atoms with Gasteiger partial charge in [-0.1, -0.05) is 13.8 Å². The van der Waals surface area contributed by atoms with Gasteiger partial charge in [-0.3, -0.25) is 0 Å². The molecule has 0 bridgehead atoms. The van der Waals surface area contributed by atoms with Gasteiger partial charge in [-0.05, 0) is 18.9 Å². The first kappa shape index (κ1) is 17.6. The molecule has 0 aliphatic carbocycles. The first-order chi connectivity index (χ1) is 10.0. The van der Waals surface area contributed by atoms with Crippen molar-refractivity contribution < 1.29 is 19.3 Å². The number of methoxy groups -OCH3 is 3. The standard InChI is InChI=1S/C16H27NO4/c1-6-16(18,7-2)11-17-10-12-8-14(20-4)15(21-5)9-13(12)19-3/h8-9,17-18H,6-7,10-11H2,1-5H3. The maximum atomic E-state index is 10.3. The fraction of sp³-hybridized carbons (Fsp3) is 0.625. The number of nitrogens with one attached hydrogen (secondary N) is 1. The highest BCUT2D eigenvalue weighted by molar-refractivity contribution is 5.50. The zero-order valence-electron chi connectivity index (χ0n) is 13.7. The molecule has 1 rings (SSSR count). The van der Waals surface area contributed by atoms with Crippen molar-refractivity contribution in [3.8, 4) is 17.2 Å². The van der Waals surface area contributed by atoms with E-state index >= 15 is 0 Å². The lowest BCUT2D eigenvalue weighted by molar-refractivity contribution is 0.0322. The van der Waals surface area contributed by atoms with Crippen LogP contribution in [0.4, 0.5) is 0 Å². The van der Waals surface area contributed by atoms with Crippen LogP contribution in [0.3, 0.4) is 0 Å². The predicted molar refractivity (Wildman–Crippen MR) is 83.3 cm³/mol. The number of hydrogen-bond donors (Lipinski definition) is 2. The summed E-state index contributed by atoms with van der Waals surface area (Å²) < 4.78 is 16.0. The fourth-order valence-corrected chi connectivity index (χ4v) is 2.16. The van der Waals surface area contributed by atoms with Crippen LogP contribution in [0.5, 0.6) is 17.2 Å². The Morgan fingerprint density at radius 3 is 1.95 bits per heavy atom. The molecule has 2 N–H and O–H groups in total. The average molecular weight is 297 g/mol. The number of ether oxygens (including phenoxy) is 3. The summed E-state index contributed by atoms with van der Waals surface area (Å²) in [6.45, 7) is 5.10. The fourth-order valence-electron chi connectivity index (χ4n) is 2.16. The summed E-state index contributed by atoms with van der Waals surface area (Å²) >= 11 is 0. The molecule has 0 aliphatic heterocycles. The van der Waals surface area contributed by atoms with Crippen LogP contribution in [-0.4, -0.2) is 38.6 Å². The molecule has 5 heteroatoms. The monoisotopic (exact) mass is 297 g/mol. The van der Waals surface area contributed by atoms with Crippen molar-refractivity contribution in [2.75, 3.05) is 27.9 Å². The van der Waals surface area contributed by atoms with E-state index < -0.39 is 5.60 Å². The molecule has 5 nitrogen and oxygen atoms in total. The van der Waals surface area contributed by atoms with Crippen molar-refractivity contribution in [3.05, 3.63) is 17.7 Å². The van der Waals surface area contributed by atoms with Crippen LogP contribution in [0, 0.1) is 0 Å². The van der Waals surface area contributed by atoms with E-state index in [1.54, 1.807) is 21.3 Å². The van der Waals surface area contributed by atoms with Crippen molar-refractivity contribution in [3.63, 3.8) is 0 Å². The molecule has 0 aromatic heterocycles. The van der Waals surface area contributed by atoms with Gasteiger partial charge in [-0.25, -0.2) is 0 Å². The van der Waals surface area contributed by atoms with Crippen LogP contribution in [0.15, 0.2) is 12.1 Å². The summed E-state index contributed by atoms with van der Waals surface area (Å²) in [7, 11) is 4.82. The van der Waals surface area contributed by atoms with Gasteiger partial charge in [0.2, 0.25) is 0 Å². The first-order valence-corrected chi connectivity index (χ1v) is 7.25. The minimum absolute atomic E-state index is 0.539.